The third-order valence-corrected chi connectivity index (χ3v) is 9.52. The molecule has 8 atom stereocenters. The molecule has 6 N–H and O–H groups in total. The monoisotopic (exact) mass is 712 g/mol. The highest BCUT2D eigenvalue weighted by atomic mass is 16.2. The molecule has 12 heteroatoms. The van der Waals surface area contributed by atoms with Crippen LogP contribution in [0.5, 0.6) is 0 Å². The molecule has 1 aliphatic rings. The van der Waals surface area contributed by atoms with Crippen molar-refractivity contribution in [3.8, 4) is 0 Å². The van der Waals surface area contributed by atoms with Crippen LogP contribution < -0.4 is 31.9 Å². The van der Waals surface area contributed by atoms with E-state index in [4.69, 9.17) is 0 Å². The highest BCUT2D eigenvalue weighted by molar-refractivity contribution is 5.98. The van der Waals surface area contributed by atoms with E-state index in [-0.39, 0.29) is 48.9 Å². The van der Waals surface area contributed by atoms with Crippen molar-refractivity contribution >= 4 is 35.4 Å². The zero-order valence-electron chi connectivity index (χ0n) is 32.4. The molecule has 0 saturated carbocycles. The van der Waals surface area contributed by atoms with Crippen LogP contribution in [-0.4, -0.2) is 71.7 Å². The molecule has 0 aliphatic carbocycles. The van der Waals surface area contributed by atoms with Crippen LogP contribution in [-0.2, 0) is 35.2 Å². The second-order valence-electron chi connectivity index (χ2n) is 15.6. The number of amides is 6. The van der Waals surface area contributed by atoms with E-state index in [2.05, 4.69) is 31.9 Å². The van der Waals surface area contributed by atoms with Crippen LogP contribution >= 0.6 is 0 Å². The van der Waals surface area contributed by atoms with Gasteiger partial charge in [0.25, 0.3) is 0 Å². The predicted octanol–water partition coefficient (Wildman–Crippen LogP) is 3.38. The summed E-state index contributed by atoms with van der Waals surface area (Å²) >= 11 is 0. The highest BCUT2D eigenvalue weighted by Crippen LogP contribution is 2.16. The van der Waals surface area contributed by atoms with E-state index in [9.17, 15) is 28.8 Å². The number of hydrogen-bond acceptors (Lipinski definition) is 6. The van der Waals surface area contributed by atoms with Crippen molar-refractivity contribution in [2.75, 3.05) is 0 Å². The first-order valence-corrected chi connectivity index (χ1v) is 18.8. The van der Waals surface area contributed by atoms with Gasteiger partial charge in [0.1, 0.15) is 36.3 Å². The summed E-state index contributed by atoms with van der Waals surface area (Å²) in [6.07, 6.45) is 2.10. The Labute approximate surface area is 305 Å². The van der Waals surface area contributed by atoms with Crippen molar-refractivity contribution < 1.29 is 28.8 Å². The fraction of sp³-hybridized carbons (Fsp3) is 0.692. The van der Waals surface area contributed by atoms with Crippen molar-refractivity contribution in [3.05, 3.63) is 35.9 Å². The van der Waals surface area contributed by atoms with Gasteiger partial charge in [-0.05, 0) is 54.4 Å². The van der Waals surface area contributed by atoms with Crippen LogP contribution in [0.2, 0.25) is 0 Å². The second-order valence-corrected chi connectivity index (χ2v) is 15.6. The molecule has 0 unspecified atom stereocenters. The predicted molar refractivity (Wildman–Crippen MR) is 199 cm³/mol. The molecule has 1 aliphatic heterocycles. The molecule has 0 spiro atoms. The quantitative estimate of drug-likeness (QED) is 0.194. The Morgan fingerprint density at radius 2 is 0.765 bits per heavy atom. The van der Waals surface area contributed by atoms with Crippen LogP contribution in [0.25, 0.3) is 0 Å². The Kier molecular flexibility index (Phi) is 17.6. The van der Waals surface area contributed by atoms with E-state index in [1.807, 2.05) is 99.6 Å². The van der Waals surface area contributed by atoms with E-state index >= 15 is 0 Å². The van der Waals surface area contributed by atoms with Crippen molar-refractivity contribution in [1.29, 1.82) is 0 Å². The molecule has 1 aromatic rings. The van der Waals surface area contributed by atoms with Crippen LogP contribution in [0.1, 0.15) is 107 Å². The van der Waals surface area contributed by atoms with Gasteiger partial charge in [0.05, 0.1) is 0 Å². The minimum atomic E-state index is -1.08. The molecule has 1 saturated heterocycles. The zero-order chi connectivity index (χ0) is 38.4. The molecule has 2 rings (SSSR count). The Morgan fingerprint density at radius 1 is 0.451 bits per heavy atom. The molecular weight excluding hydrogens is 648 g/mol. The first-order chi connectivity index (χ1) is 24.0. The van der Waals surface area contributed by atoms with E-state index in [1.165, 1.54) is 0 Å². The van der Waals surface area contributed by atoms with Crippen molar-refractivity contribution in [1.82, 2.24) is 31.9 Å². The maximum absolute atomic E-state index is 14.1. The molecule has 0 bridgehead atoms. The van der Waals surface area contributed by atoms with E-state index < -0.39 is 71.7 Å². The van der Waals surface area contributed by atoms with Crippen molar-refractivity contribution in [3.63, 3.8) is 0 Å². The lowest BCUT2D eigenvalue weighted by molar-refractivity contribution is -0.138. The smallest absolute Gasteiger partial charge is 0.243 e. The molecule has 0 aromatic heterocycles. The normalized spacial score (nSPS) is 25.9. The molecule has 0 radical (unpaired) electrons. The maximum Gasteiger partial charge on any atom is 0.243 e. The summed E-state index contributed by atoms with van der Waals surface area (Å²) < 4.78 is 0. The van der Waals surface area contributed by atoms with Gasteiger partial charge >= 0.3 is 0 Å². The lowest BCUT2D eigenvalue weighted by Crippen LogP contribution is -2.63. The molecule has 51 heavy (non-hydrogen) atoms. The van der Waals surface area contributed by atoms with Gasteiger partial charge in [0.15, 0.2) is 0 Å². The summed E-state index contributed by atoms with van der Waals surface area (Å²) in [7, 11) is 0. The fourth-order valence-electron chi connectivity index (χ4n) is 6.15. The average molecular weight is 713 g/mol. The number of hydrogen-bond donors (Lipinski definition) is 6. The fourth-order valence-corrected chi connectivity index (χ4v) is 6.15. The Hall–Kier alpha value is -3.96. The summed E-state index contributed by atoms with van der Waals surface area (Å²) in [5.74, 6) is -3.82. The Balaban J connectivity index is 2.72. The van der Waals surface area contributed by atoms with Crippen LogP contribution in [0, 0.1) is 29.6 Å². The van der Waals surface area contributed by atoms with Gasteiger partial charge < -0.3 is 31.9 Å². The summed E-state index contributed by atoms with van der Waals surface area (Å²) in [5, 5.41) is 17.3. The maximum atomic E-state index is 14.1. The molecule has 1 fully saturated rings. The Morgan fingerprint density at radius 3 is 1.12 bits per heavy atom. The third-order valence-electron chi connectivity index (χ3n) is 9.52. The van der Waals surface area contributed by atoms with Crippen LogP contribution in [0.3, 0.4) is 0 Å². The minimum absolute atomic E-state index is 0.0102. The van der Waals surface area contributed by atoms with Gasteiger partial charge in [0.2, 0.25) is 35.4 Å². The minimum Gasteiger partial charge on any atom is -0.343 e. The highest BCUT2D eigenvalue weighted by Gasteiger charge is 2.37. The number of rotatable bonds is 12. The first kappa shape index (κ1) is 43.2. The summed E-state index contributed by atoms with van der Waals surface area (Å²) in [6.45, 7) is 19.0. The molecule has 6 amide bonds. The summed E-state index contributed by atoms with van der Waals surface area (Å²) in [6, 6.07) is 3.13. The molecule has 12 nitrogen and oxygen atoms in total. The van der Waals surface area contributed by atoms with E-state index in [1.54, 1.807) is 0 Å². The molecule has 1 heterocycles. The first-order valence-electron chi connectivity index (χ1n) is 18.8. The number of nitrogens with one attached hydrogen (secondary N) is 6. The molecule has 286 valence electrons. The van der Waals surface area contributed by atoms with Crippen molar-refractivity contribution in [2.24, 2.45) is 29.6 Å². The molecular formula is C39H64N6O6. The van der Waals surface area contributed by atoms with Crippen LogP contribution in [0.4, 0.5) is 0 Å². The van der Waals surface area contributed by atoms with Gasteiger partial charge in [0, 0.05) is 6.42 Å². The van der Waals surface area contributed by atoms with Crippen molar-refractivity contribution in [2.45, 2.75) is 144 Å². The topological polar surface area (TPSA) is 175 Å². The zero-order valence-corrected chi connectivity index (χ0v) is 32.4. The van der Waals surface area contributed by atoms with Gasteiger partial charge in [-0.1, -0.05) is 112 Å². The van der Waals surface area contributed by atoms with E-state index in [0.29, 0.717) is 19.3 Å². The standard InChI is InChI=1S/C39H64N6O6/c1-11-25(9)32-38(50)42-29(19-23(5)6)35(47)40-28(18-22(3)4)34(46)41-30(20-24(7)8)36(48)44-33(26(10)12-2)39(51)43-31(37(49)45-32)21-27-16-14-13-15-17-27/h13-17,22-26,28-33H,11-12,18-21H2,1-10H3,(H,40,47)(H,41,46)(H,42,50)(H,43,51)(H,44,48)(H,45,49)/t25-,26-,28+,29-,30-,31+,32-,33+/m0/s1. The van der Waals surface area contributed by atoms with E-state index in [0.717, 1.165) is 5.56 Å². The SMILES string of the molecule is CC[C@H](C)[C@@H]1NC(=O)[C@@H](Cc2ccccc2)NC(=O)[C@@H]([C@@H](C)CC)NC(=O)[C@H](CC(C)C)NC(=O)[C@@H](CC(C)C)NC(=O)[C@H](CC(C)C)NC1=O. The Bertz CT molecular complexity index is 1300. The summed E-state index contributed by atoms with van der Waals surface area (Å²) in [4.78, 5) is 83.8. The number of benzene rings is 1. The lowest BCUT2D eigenvalue weighted by atomic mass is 9.94. The number of carbonyl (C=O) groups is 6. The average Bonchev–Trinajstić information content (AvgIpc) is 3.06. The molecule has 1 aromatic carbocycles. The van der Waals surface area contributed by atoms with Gasteiger partial charge in [-0.15, -0.1) is 0 Å². The van der Waals surface area contributed by atoms with Gasteiger partial charge in [-0.25, -0.2) is 0 Å². The largest absolute Gasteiger partial charge is 0.343 e. The van der Waals surface area contributed by atoms with Gasteiger partial charge in [-0.3, -0.25) is 28.8 Å². The van der Waals surface area contributed by atoms with Gasteiger partial charge in [-0.2, -0.15) is 0 Å². The third kappa shape index (κ3) is 13.9. The lowest BCUT2D eigenvalue weighted by Gasteiger charge is -2.32. The summed E-state index contributed by atoms with van der Waals surface area (Å²) in [5.41, 5.74) is 0.790. The number of carbonyl (C=O) groups excluding carboxylic acids is 6. The van der Waals surface area contributed by atoms with Crippen LogP contribution in [0.15, 0.2) is 30.3 Å². The second kappa shape index (κ2) is 20.8.